The summed E-state index contributed by atoms with van der Waals surface area (Å²) in [5.74, 6) is 0. The monoisotopic (exact) mass is 301 g/mol. The number of carbonyl (C=O) groups is 2. The fourth-order valence-corrected chi connectivity index (χ4v) is 6.49. The Morgan fingerprint density at radius 3 is 1.44 bits per heavy atom. The molecular weight excluding hydrogens is 290 g/mol. The number of benzene rings is 2. The summed E-state index contributed by atoms with van der Waals surface area (Å²) >= 11 is -1.02. The van der Waals surface area contributed by atoms with E-state index in [9.17, 15) is 9.59 Å². The Labute approximate surface area is 111 Å². The molecule has 2 nitrogen and oxygen atoms in total. The summed E-state index contributed by atoms with van der Waals surface area (Å²) < 4.78 is 0. The van der Waals surface area contributed by atoms with Gasteiger partial charge in [0.25, 0.3) is 0 Å². The quantitative estimate of drug-likeness (QED) is 0.481. The molecule has 2 aromatic rings. The van der Waals surface area contributed by atoms with Crippen LogP contribution < -0.4 is 10.6 Å². The van der Waals surface area contributed by atoms with Gasteiger partial charge in [-0.15, -0.1) is 0 Å². The Morgan fingerprint density at radius 1 is 0.722 bits per heavy atom. The Morgan fingerprint density at radius 2 is 1.11 bits per heavy atom. The van der Waals surface area contributed by atoms with Crippen molar-refractivity contribution in [3.8, 4) is 0 Å². The maximum absolute atomic E-state index is 11.1. The summed E-state index contributed by atoms with van der Waals surface area (Å²) in [5, 5.41) is 3.71. The minimum atomic E-state index is -1.02. The molecule has 95 valence electrons. The summed E-state index contributed by atoms with van der Waals surface area (Å²) in [6.45, 7) is -0.909. The van der Waals surface area contributed by atoms with Gasteiger partial charge in [-0.3, -0.25) is 0 Å². The molecule has 0 aromatic heterocycles. The van der Waals surface area contributed by atoms with E-state index in [-0.39, 0.29) is 0 Å². The average molecular weight is 302 g/mol. The van der Waals surface area contributed by atoms with Crippen LogP contribution in [0.5, 0.6) is 0 Å². The first-order valence-corrected chi connectivity index (χ1v) is 8.89. The fraction of sp³-hybridized carbons (Fsp3) is 0. The van der Waals surface area contributed by atoms with Crippen LogP contribution in [0.25, 0.3) is 0 Å². The van der Waals surface area contributed by atoms with Crippen LogP contribution in [0.3, 0.4) is 0 Å². The zero-order valence-corrected chi connectivity index (χ0v) is 11.4. The molecule has 0 bridgehead atoms. The first kappa shape index (κ1) is 13.1. The van der Waals surface area contributed by atoms with Gasteiger partial charge in [-0.2, -0.15) is 0 Å². The van der Waals surface area contributed by atoms with Crippen molar-refractivity contribution in [2.24, 2.45) is 0 Å². The zero-order valence-electron chi connectivity index (χ0n) is 9.51. The molecule has 0 unspecified atom stereocenters. The number of hydrogen-bond acceptors (Lipinski definition) is 2. The van der Waals surface area contributed by atoms with Crippen LogP contribution in [0.4, 0.5) is 0 Å². The molecule has 0 aliphatic rings. The van der Waals surface area contributed by atoms with Gasteiger partial charge in [0.1, 0.15) is 0 Å². The van der Waals surface area contributed by atoms with Gasteiger partial charge >= 0.3 is 111 Å². The van der Waals surface area contributed by atoms with Crippen molar-refractivity contribution in [1.82, 2.24) is 0 Å². The van der Waals surface area contributed by atoms with Gasteiger partial charge in [0.05, 0.1) is 0 Å². The molecule has 0 aliphatic carbocycles. The third-order valence-electron chi connectivity index (χ3n) is 2.25. The molecule has 2 rings (SSSR count). The van der Waals surface area contributed by atoms with Gasteiger partial charge in [-0.1, -0.05) is 0 Å². The van der Waals surface area contributed by atoms with Gasteiger partial charge in [-0.05, 0) is 0 Å². The molecule has 0 saturated carbocycles. The van der Waals surface area contributed by atoms with E-state index in [4.69, 9.17) is 0 Å². The first-order valence-electron chi connectivity index (χ1n) is 5.25. The van der Waals surface area contributed by atoms with Crippen LogP contribution in [-0.2, 0) is 22.6 Å². The van der Waals surface area contributed by atoms with Crippen LogP contribution in [0.2, 0.25) is 0 Å². The second kappa shape index (κ2) is 6.59. The van der Waals surface area contributed by atoms with Crippen molar-refractivity contribution in [2.75, 3.05) is 0 Å². The first-order chi connectivity index (χ1) is 8.86. The van der Waals surface area contributed by atoms with E-state index in [1.165, 1.54) is 0 Å². The summed E-state index contributed by atoms with van der Waals surface area (Å²) in [6, 6.07) is 19.5. The second-order valence-corrected chi connectivity index (χ2v) is 8.86. The predicted molar refractivity (Wildman–Crippen MR) is 72.6 cm³/mol. The van der Waals surface area contributed by atoms with Crippen LogP contribution in [0.15, 0.2) is 60.7 Å². The second-order valence-electron chi connectivity index (χ2n) is 3.34. The molecular formula is C14H12NiO2P. The van der Waals surface area contributed by atoms with E-state index in [0.717, 1.165) is 21.1 Å². The molecule has 0 aliphatic heterocycles. The summed E-state index contributed by atoms with van der Waals surface area (Å²) in [5.41, 5.74) is 0. The van der Waals surface area contributed by atoms with E-state index < -0.39 is 19.7 Å². The Kier molecular flexibility index (Phi) is 4.81. The van der Waals surface area contributed by atoms with Gasteiger partial charge in [-0.25, -0.2) is 0 Å². The van der Waals surface area contributed by atoms with Crippen molar-refractivity contribution < 1.29 is 22.6 Å². The van der Waals surface area contributed by atoms with Crippen LogP contribution in [0, 0.1) is 0 Å². The molecule has 0 fully saturated rings. The van der Waals surface area contributed by atoms with Gasteiger partial charge < -0.3 is 0 Å². The number of carbonyl (C=O) groups excluding carboxylic acids is 2. The minimum absolute atomic E-state index is 0.790. The third-order valence-corrected chi connectivity index (χ3v) is 8.10. The molecule has 0 spiro atoms. The molecule has 0 atom stereocenters. The molecule has 0 N–H and O–H groups in total. The van der Waals surface area contributed by atoms with E-state index in [0.29, 0.717) is 0 Å². The van der Waals surface area contributed by atoms with Gasteiger partial charge in [0.2, 0.25) is 0 Å². The van der Waals surface area contributed by atoms with Crippen LogP contribution >= 0.6 is 6.70 Å². The fourth-order valence-electron chi connectivity index (χ4n) is 1.52. The zero-order chi connectivity index (χ0) is 12.8. The normalized spacial score (nSPS) is 11.1. The standard InChI is InChI=1S/C12H10P.2CHO.Ni/c1-3-7-11(8-4-1)13-12-9-5-2-6-10-12;2*1-2;/h1-10H;2*1H;/q-1;;;+1. The Bertz CT molecular complexity index is 468. The van der Waals surface area contributed by atoms with E-state index in [1.54, 1.807) is 0 Å². The van der Waals surface area contributed by atoms with Crippen molar-refractivity contribution in [3.63, 3.8) is 0 Å². The van der Waals surface area contributed by atoms with Crippen molar-refractivity contribution >= 4 is 27.8 Å². The molecule has 0 radical (unpaired) electrons. The predicted octanol–water partition coefficient (Wildman–Crippen LogP) is 2.03. The SMILES string of the molecule is O=[CH][Ni]([CH]=O)[P](c1ccccc1)c1ccccc1. The van der Waals surface area contributed by atoms with E-state index >= 15 is 0 Å². The molecule has 2 aromatic carbocycles. The molecule has 0 heterocycles. The third kappa shape index (κ3) is 2.93. The molecule has 4 heteroatoms. The number of rotatable bonds is 5. The Balaban J connectivity index is 2.47. The number of hydrogen-bond donors (Lipinski definition) is 0. The van der Waals surface area contributed by atoms with Crippen molar-refractivity contribution in [2.45, 2.75) is 0 Å². The topological polar surface area (TPSA) is 34.1 Å². The van der Waals surface area contributed by atoms with E-state index in [1.807, 2.05) is 60.7 Å². The Hall–Kier alpha value is -1.30. The summed E-state index contributed by atoms with van der Waals surface area (Å²) in [7, 11) is 0. The molecule has 0 amide bonds. The van der Waals surface area contributed by atoms with Crippen molar-refractivity contribution in [1.29, 1.82) is 0 Å². The van der Waals surface area contributed by atoms with Gasteiger partial charge in [0.15, 0.2) is 0 Å². The van der Waals surface area contributed by atoms with Crippen LogP contribution in [-0.4, -0.2) is 10.5 Å². The molecule has 0 saturated heterocycles. The van der Waals surface area contributed by atoms with E-state index in [2.05, 4.69) is 0 Å². The summed E-state index contributed by atoms with van der Waals surface area (Å²) in [6.07, 6.45) is 0. The summed E-state index contributed by atoms with van der Waals surface area (Å²) in [4.78, 5) is 22.3. The van der Waals surface area contributed by atoms with Gasteiger partial charge in [0, 0.05) is 0 Å². The maximum atomic E-state index is 11.1. The van der Waals surface area contributed by atoms with Crippen molar-refractivity contribution in [3.05, 3.63) is 60.7 Å². The molecule has 18 heavy (non-hydrogen) atoms. The average Bonchev–Trinajstić information content (AvgIpc) is 2.46. The van der Waals surface area contributed by atoms with Crippen LogP contribution in [0.1, 0.15) is 0 Å².